The van der Waals surface area contributed by atoms with Crippen molar-refractivity contribution >= 4 is 15.9 Å². The van der Waals surface area contributed by atoms with E-state index in [-0.39, 0.29) is 0 Å². The first-order valence-electron chi connectivity index (χ1n) is 2.91. The minimum Gasteiger partial charge on any atom is -0.276 e. The van der Waals surface area contributed by atoms with Crippen molar-refractivity contribution in [3.05, 3.63) is 0 Å². The molecule has 0 saturated heterocycles. The van der Waals surface area contributed by atoms with Crippen molar-refractivity contribution in [2.45, 2.75) is 6.92 Å². The van der Waals surface area contributed by atoms with Crippen LogP contribution in [0.5, 0.6) is 0 Å². The first kappa shape index (κ1) is 10.4. The van der Waals surface area contributed by atoms with Crippen LogP contribution in [0, 0.1) is 0 Å². The fraction of sp³-hybridized carbons (Fsp3) is 0.800. The van der Waals surface area contributed by atoms with E-state index in [4.69, 9.17) is 4.84 Å². The van der Waals surface area contributed by atoms with Crippen molar-refractivity contribution in [2.24, 2.45) is 4.40 Å². The summed E-state index contributed by atoms with van der Waals surface area (Å²) in [5, 5.41) is 1.26. The van der Waals surface area contributed by atoms with Crippen LogP contribution in [0.25, 0.3) is 0 Å². The van der Waals surface area contributed by atoms with E-state index in [0.717, 1.165) is 6.26 Å². The van der Waals surface area contributed by atoms with Gasteiger partial charge in [-0.25, -0.2) is 13.5 Å². The van der Waals surface area contributed by atoms with Gasteiger partial charge in [0.05, 0.1) is 13.4 Å². The standard InChI is InChI=1S/C5H12N2O3S/c1-5(7(2)10-3)6-11(4,8)9/h1-4H3/b6-5-. The van der Waals surface area contributed by atoms with Crippen molar-refractivity contribution in [2.75, 3.05) is 20.4 Å². The van der Waals surface area contributed by atoms with Gasteiger partial charge in [-0.15, -0.1) is 4.40 Å². The molecule has 0 atom stereocenters. The van der Waals surface area contributed by atoms with Crippen molar-refractivity contribution in [1.82, 2.24) is 5.06 Å². The third-order valence-electron chi connectivity index (χ3n) is 1.03. The molecule has 0 aliphatic rings. The highest BCUT2D eigenvalue weighted by Crippen LogP contribution is 1.91. The van der Waals surface area contributed by atoms with Crippen LogP contribution in [0.2, 0.25) is 0 Å². The minimum absolute atomic E-state index is 0.301. The SMILES string of the molecule is CON(C)/C(C)=N\S(C)(=O)=O. The molecule has 11 heavy (non-hydrogen) atoms. The monoisotopic (exact) mass is 180 g/mol. The maximum absolute atomic E-state index is 10.6. The molecule has 0 spiro atoms. The van der Waals surface area contributed by atoms with Crippen LogP contribution < -0.4 is 0 Å². The molecule has 0 fully saturated rings. The highest BCUT2D eigenvalue weighted by Gasteiger charge is 2.02. The van der Waals surface area contributed by atoms with Gasteiger partial charge >= 0.3 is 0 Å². The molecule has 5 nitrogen and oxygen atoms in total. The summed E-state index contributed by atoms with van der Waals surface area (Å²) < 4.78 is 24.6. The fourth-order valence-electron chi connectivity index (χ4n) is 0.430. The molecule has 0 aromatic rings. The van der Waals surface area contributed by atoms with Crippen LogP contribution in [0.15, 0.2) is 4.40 Å². The molecule has 0 aromatic heterocycles. The van der Waals surface area contributed by atoms with Crippen LogP contribution in [-0.4, -0.2) is 39.7 Å². The highest BCUT2D eigenvalue weighted by atomic mass is 32.2. The van der Waals surface area contributed by atoms with E-state index in [0.29, 0.717) is 5.84 Å². The van der Waals surface area contributed by atoms with Gasteiger partial charge < -0.3 is 0 Å². The molecule has 0 amide bonds. The maximum atomic E-state index is 10.6. The van der Waals surface area contributed by atoms with Gasteiger partial charge in [0.2, 0.25) is 0 Å². The number of hydroxylamine groups is 2. The molecule has 0 bridgehead atoms. The van der Waals surface area contributed by atoms with E-state index in [1.165, 1.54) is 12.2 Å². The van der Waals surface area contributed by atoms with Gasteiger partial charge in [-0.3, -0.25) is 4.84 Å². The Labute approximate surface area is 66.7 Å². The van der Waals surface area contributed by atoms with E-state index >= 15 is 0 Å². The summed E-state index contributed by atoms with van der Waals surface area (Å²) in [4.78, 5) is 4.70. The van der Waals surface area contributed by atoms with Gasteiger partial charge in [-0.2, -0.15) is 0 Å². The molecule has 0 aliphatic heterocycles. The second kappa shape index (κ2) is 3.68. The number of hydrogen-bond acceptors (Lipinski definition) is 3. The van der Waals surface area contributed by atoms with E-state index in [1.54, 1.807) is 14.0 Å². The Morgan fingerprint density at radius 2 is 2.00 bits per heavy atom. The fourth-order valence-corrected chi connectivity index (χ4v) is 1.02. The molecule has 0 N–H and O–H groups in total. The molecule has 0 aliphatic carbocycles. The average molecular weight is 180 g/mol. The summed E-state index contributed by atoms with van der Waals surface area (Å²) in [5.74, 6) is 0.301. The second-order valence-corrected chi connectivity index (χ2v) is 3.70. The zero-order chi connectivity index (χ0) is 9.07. The Balaban J connectivity index is 4.48. The lowest BCUT2D eigenvalue weighted by atomic mass is 10.7. The molecule has 0 heterocycles. The lowest BCUT2D eigenvalue weighted by molar-refractivity contribution is -0.0420. The molecule has 0 radical (unpaired) electrons. The summed E-state index contributed by atoms with van der Waals surface area (Å²) in [6, 6.07) is 0. The van der Waals surface area contributed by atoms with Crippen molar-refractivity contribution in [1.29, 1.82) is 0 Å². The largest absolute Gasteiger partial charge is 0.276 e. The Kier molecular flexibility index (Phi) is 3.47. The van der Waals surface area contributed by atoms with Crippen molar-refractivity contribution < 1.29 is 13.3 Å². The normalized spacial score (nSPS) is 13.3. The predicted octanol–water partition coefficient (Wildman–Crippen LogP) is -0.142. The highest BCUT2D eigenvalue weighted by molar-refractivity contribution is 7.89. The third kappa shape index (κ3) is 4.74. The topological polar surface area (TPSA) is 59.0 Å². The van der Waals surface area contributed by atoms with Crippen LogP contribution in [0.3, 0.4) is 0 Å². The van der Waals surface area contributed by atoms with Crippen LogP contribution >= 0.6 is 0 Å². The lowest BCUT2D eigenvalue weighted by Gasteiger charge is -2.13. The Morgan fingerprint density at radius 1 is 1.55 bits per heavy atom. The van der Waals surface area contributed by atoms with Gasteiger partial charge in [0, 0.05) is 7.05 Å². The molecule has 0 aromatic carbocycles. The first-order chi connectivity index (χ1) is 4.87. The van der Waals surface area contributed by atoms with E-state index in [9.17, 15) is 8.42 Å². The Hall–Kier alpha value is -0.620. The maximum Gasteiger partial charge on any atom is 0.251 e. The molecular formula is C5H12N2O3S. The smallest absolute Gasteiger partial charge is 0.251 e. The van der Waals surface area contributed by atoms with Gasteiger partial charge in [-0.1, -0.05) is 0 Å². The molecule has 0 saturated carbocycles. The molecule has 0 unspecified atom stereocenters. The van der Waals surface area contributed by atoms with Crippen LogP contribution in [-0.2, 0) is 14.9 Å². The zero-order valence-electron chi connectivity index (χ0n) is 7.03. The summed E-state index contributed by atoms with van der Waals surface area (Å²) in [6.45, 7) is 1.55. The van der Waals surface area contributed by atoms with Gasteiger partial charge in [0.25, 0.3) is 10.0 Å². The summed E-state index contributed by atoms with van der Waals surface area (Å²) in [6.07, 6.45) is 1.03. The van der Waals surface area contributed by atoms with Gasteiger partial charge in [-0.05, 0) is 6.92 Å². The summed E-state index contributed by atoms with van der Waals surface area (Å²) in [7, 11) is -0.307. The van der Waals surface area contributed by atoms with Crippen molar-refractivity contribution in [3.8, 4) is 0 Å². The van der Waals surface area contributed by atoms with Crippen LogP contribution in [0.1, 0.15) is 6.92 Å². The number of amidine groups is 1. The van der Waals surface area contributed by atoms with E-state index in [1.807, 2.05) is 0 Å². The molecule has 6 heteroatoms. The summed E-state index contributed by atoms with van der Waals surface area (Å²) >= 11 is 0. The average Bonchev–Trinajstić information content (AvgIpc) is 1.82. The minimum atomic E-state index is -3.31. The quantitative estimate of drug-likeness (QED) is 0.337. The number of nitrogens with zero attached hydrogens (tertiary/aromatic N) is 2. The van der Waals surface area contributed by atoms with Gasteiger partial charge in [0.15, 0.2) is 0 Å². The molecular weight excluding hydrogens is 168 g/mol. The Morgan fingerprint density at radius 3 is 2.27 bits per heavy atom. The van der Waals surface area contributed by atoms with E-state index in [2.05, 4.69) is 4.40 Å². The lowest BCUT2D eigenvalue weighted by Crippen LogP contribution is -2.23. The number of sulfonamides is 1. The molecule has 66 valence electrons. The predicted molar refractivity (Wildman–Crippen MR) is 42.7 cm³/mol. The van der Waals surface area contributed by atoms with Gasteiger partial charge in [0.1, 0.15) is 5.84 Å². The van der Waals surface area contributed by atoms with Crippen LogP contribution in [0.4, 0.5) is 0 Å². The second-order valence-electron chi connectivity index (χ2n) is 2.05. The first-order valence-corrected chi connectivity index (χ1v) is 4.76. The zero-order valence-corrected chi connectivity index (χ0v) is 7.84. The van der Waals surface area contributed by atoms with Crippen molar-refractivity contribution in [3.63, 3.8) is 0 Å². The Bertz CT molecular complexity index is 244. The van der Waals surface area contributed by atoms with E-state index < -0.39 is 10.0 Å². The molecule has 0 rings (SSSR count). The third-order valence-corrected chi connectivity index (χ3v) is 1.62. The number of hydrogen-bond donors (Lipinski definition) is 0. The number of rotatable bonds is 2. The summed E-state index contributed by atoms with van der Waals surface area (Å²) in [5.41, 5.74) is 0.